The van der Waals surface area contributed by atoms with Gasteiger partial charge in [-0.05, 0) is 81.0 Å². The number of carbonyl (C=O) groups is 1. The number of unbranched alkanes of at least 4 members (excludes halogenated alkanes) is 2. The van der Waals surface area contributed by atoms with Gasteiger partial charge >= 0.3 is 5.97 Å². The smallest absolute Gasteiger partial charge is 0.306 e. The Hall–Kier alpha value is -0.530. The third kappa shape index (κ3) is 5.01. The van der Waals surface area contributed by atoms with Crippen LogP contribution >= 0.6 is 0 Å². The molecule has 0 radical (unpaired) electrons. The number of carbonyl (C=O) groups excluding carboxylic acids is 1. The number of hydrogen-bond acceptors (Lipinski definition) is 2. The zero-order chi connectivity index (χ0) is 17.6. The van der Waals surface area contributed by atoms with Gasteiger partial charge in [0.2, 0.25) is 0 Å². The van der Waals surface area contributed by atoms with Crippen molar-refractivity contribution in [2.45, 2.75) is 110 Å². The van der Waals surface area contributed by atoms with Gasteiger partial charge in [0.05, 0.1) is 0 Å². The average Bonchev–Trinajstić information content (AvgIpc) is 2.64. The zero-order valence-electron chi connectivity index (χ0n) is 16.7. The van der Waals surface area contributed by atoms with Gasteiger partial charge < -0.3 is 4.74 Å². The molecule has 2 nitrogen and oxygen atoms in total. The molecule has 4 unspecified atom stereocenters. The van der Waals surface area contributed by atoms with Gasteiger partial charge in [-0.25, -0.2) is 0 Å². The molecule has 3 saturated carbocycles. The molecule has 0 N–H and O–H groups in total. The van der Waals surface area contributed by atoms with E-state index in [1.54, 1.807) is 0 Å². The lowest BCUT2D eigenvalue weighted by Crippen LogP contribution is -2.43. The zero-order valence-corrected chi connectivity index (χ0v) is 16.7. The van der Waals surface area contributed by atoms with Gasteiger partial charge in [-0.15, -0.1) is 0 Å². The summed E-state index contributed by atoms with van der Waals surface area (Å²) in [6.07, 6.45) is 18.1. The Labute approximate surface area is 155 Å². The van der Waals surface area contributed by atoms with Crippen molar-refractivity contribution in [2.75, 3.05) is 0 Å². The summed E-state index contributed by atoms with van der Waals surface area (Å²) >= 11 is 0. The van der Waals surface area contributed by atoms with E-state index in [0.29, 0.717) is 6.42 Å². The van der Waals surface area contributed by atoms with Crippen LogP contribution in [0.2, 0.25) is 0 Å². The standard InChI is InChI=1S/C23H40O2/c1-3-5-7-17-9-13-21-18(15-17)10-11-19-16-20(12-14-22(19)21)25-23(24)8-6-4-2/h17-22H,3-16H2,1-2H3/t17-,18?,19?,20-,21?,22?/m0/s1. The third-order valence-electron chi connectivity index (χ3n) is 7.60. The monoisotopic (exact) mass is 348 g/mol. The second kappa shape index (κ2) is 9.42. The molecular weight excluding hydrogens is 308 g/mol. The van der Waals surface area contributed by atoms with E-state index >= 15 is 0 Å². The van der Waals surface area contributed by atoms with E-state index < -0.39 is 0 Å². The molecule has 0 aromatic carbocycles. The first-order valence-electron chi connectivity index (χ1n) is 11.4. The van der Waals surface area contributed by atoms with Crippen molar-refractivity contribution >= 4 is 5.97 Å². The quantitative estimate of drug-likeness (QED) is 0.489. The lowest BCUT2D eigenvalue weighted by molar-refractivity contribution is -0.153. The molecule has 6 atom stereocenters. The van der Waals surface area contributed by atoms with Crippen molar-refractivity contribution in [1.29, 1.82) is 0 Å². The molecule has 0 spiro atoms. The molecule has 0 amide bonds. The minimum absolute atomic E-state index is 0.0513. The van der Waals surface area contributed by atoms with Crippen molar-refractivity contribution in [3.05, 3.63) is 0 Å². The normalized spacial score (nSPS) is 37.8. The van der Waals surface area contributed by atoms with Crippen LogP contribution < -0.4 is 0 Å². The van der Waals surface area contributed by atoms with E-state index in [1.807, 2.05) is 0 Å². The Kier molecular flexibility index (Phi) is 7.25. The molecule has 0 aromatic heterocycles. The van der Waals surface area contributed by atoms with E-state index in [9.17, 15) is 4.79 Å². The summed E-state index contributed by atoms with van der Waals surface area (Å²) in [6.45, 7) is 4.46. The molecule has 0 aromatic rings. The van der Waals surface area contributed by atoms with E-state index in [2.05, 4.69) is 13.8 Å². The van der Waals surface area contributed by atoms with Crippen LogP contribution in [0.4, 0.5) is 0 Å². The average molecular weight is 349 g/mol. The van der Waals surface area contributed by atoms with Crippen LogP contribution in [-0.2, 0) is 9.53 Å². The minimum Gasteiger partial charge on any atom is -0.462 e. The van der Waals surface area contributed by atoms with Crippen LogP contribution in [0.15, 0.2) is 0 Å². The van der Waals surface area contributed by atoms with Gasteiger partial charge in [-0.3, -0.25) is 4.79 Å². The summed E-state index contributed by atoms with van der Waals surface area (Å²) in [7, 11) is 0. The van der Waals surface area contributed by atoms with Crippen molar-refractivity contribution in [3.63, 3.8) is 0 Å². The second-order valence-electron chi connectivity index (χ2n) is 9.27. The topological polar surface area (TPSA) is 26.3 Å². The number of fused-ring (bicyclic) bond motifs is 3. The highest BCUT2D eigenvalue weighted by atomic mass is 16.5. The Bertz CT molecular complexity index is 418. The SMILES string of the molecule is CCCCC(=O)O[C@H]1CCC2C(CCC3C[C@@H](CCCC)CCC32)C1. The van der Waals surface area contributed by atoms with Crippen LogP contribution in [0, 0.1) is 29.6 Å². The summed E-state index contributed by atoms with van der Waals surface area (Å²) in [4.78, 5) is 12.0. The number of esters is 1. The maximum Gasteiger partial charge on any atom is 0.306 e. The molecule has 25 heavy (non-hydrogen) atoms. The predicted octanol–water partition coefficient (Wildman–Crippen LogP) is 6.52. The maximum absolute atomic E-state index is 12.0. The first-order chi connectivity index (χ1) is 12.2. The molecule has 3 aliphatic rings. The predicted molar refractivity (Wildman–Crippen MR) is 103 cm³/mol. The first-order valence-corrected chi connectivity index (χ1v) is 11.4. The fraction of sp³-hybridized carbons (Fsp3) is 0.957. The van der Waals surface area contributed by atoms with Gasteiger partial charge in [0, 0.05) is 6.42 Å². The lowest BCUT2D eigenvalue weighted by atomic mass is 9.56. The Balaban J connectivity index is 1.47. The molecule has 2 heteroatoms. The van der Waals surface area contributed by atoms with Crippen LogP contribution in [0.1, 0.15) is 104 Å². The van der Waals surface area contributed by atoms with Gasteiger partial charge in [0.25, 0.3) is 0 Å². The van der Waals surface area contributed by atoms with Crippen LogP contribution in [0.3, 0.4) is 0 Å². The fourth-order valence-electron chi connectivity index (χ4n) is 6.28. The molecule has 0 heterocycles. The Morgan fingerprint density at radius 1 is 0.840 bits per heavy atom. The van der Waals surface area contributed by atoms with E-state index in [0.717, 1.165) is 55.3 Å². The highest BCUT2D eigenvalue weighted by Crippen LogP contribution is 2.53. The van der Waals surface area contributed by atoms with Crippen molar-refractivity contribution in [3.8, 4) is 0 Å². The van der Waals surface area contributed by atoms with Crippen molar-refractivity contribution in [1.82, 2.24) is 0 Å². The summed E-state index contributed by atoms with van der Waals surface area (Å²) < 4.78 is 5.80. The highest BCUT2D eigenvalue weighted by molar-refractivity contribution is 5.69. The molecule has 0 saturated heterocycles. The summed E-state index contributed by atoms with van der Waals surface area (Å²) in [6, 6.07) is 0. The maximum atomic E-state index is 12.0. The van der Waals surface area contributed by atoms with E-state index in [-0.39, 0.29) is 12.1 Å². The number of ether oxygens (including phenoxy) is 1. The summed E-state index contributed by atoms with van der Waals surface area (Å²) in [5.74, 6) is 4.86. The van der Waals surface area contributed by atoms with Gasteiger partial charge in [0.1, 0.15) is 6.10 Å². The summed E-state index contributed by atoms with van der Waals surface area (Å²) in [5, 5.41) is 0. The van der Waals surface area contributed by atoms with Gasteiger partial charge in [0.15, 0.2) is 0 Å². The van der Waals surface area contributed by atoms with Crippen molar-refractivity contribution in [2.24, 2.45) is 29.6 Å². The van der Waals surface area contributed by atoms with E-state index in [1.165, 1.54) is 57.8 Å². The molecule has 3 aliphatic carbocycles. The van der Waals surface area contributed by atoms with Crippen LogP contribution in [0.25, 0.3) is 0 Å². The largest absolute Gasteiger partial charge is 0.462 e. The minimum atomic E-state index is 0.0513. The number of hydrogen-bond donors (Lipinski definition) is 0. The molecule has 3 rings (SSSR count). The molecule has 144 valence electrons. The van der Waals surface area contributed by atoms with Crippen molar-refractivity contribution < 1.29 is 9.53 Å². The molecule has 0 bridgehead atoms. The Morgan fingerprint density at radius 2 is 1.52 bits per heavy atom. The second-order valence-corrected chi connectivity index (χ2v) is 9.27. The van der Waals surface area contributed by atoms with Crippen LogP contribution in [0.5, 0.6) is 0 Å². The lowest BCUT2D eigenvalue weighted by Gasteiger charge is -2.50. The van der Waals surface area contributed by atoms with Gasteiger partial charge in [-0.2, -0.15) is 0 Å². The summed E-state index contributed by atoms with van der Waals surface area (Å²) in [5.41, 5.74) is 0. The third-order valence-corrected chi connectivity index (χ3v) is 7.60. The van der Waals surface area contributed by atoms with Gasteiger partial charge in [-0.1, -0.05) is 46.0 Å². The number of rotatable bonds is 7. The van der Waals surface area contributed by atoms with Crippen LogP contribution in [-0.4, -0.2) is 12.1 Å². The fourth-order valence-corrected chi connectivity index (χ4v) is 6.28. The molecule has 0 aliphatic heterocycles. The molecular formula is C23H40O2. The Morgan fingerprint density at radius 3 is 2.24 bits per heavy atom. The van der Waals surface area contributed by atoms with E-state index in [4.69, 9.17) is 4.74 Å². The highest BCUT2D eigenvalue weighted by Gasteiger charge is 2.44. The molecule has 3 fully saturated rings. The first kappa shape index (κ1) is 19.2.